The average Bonchev–Trinajstić information content (AvgIpc) is 2.97. The van der Waals surface area contributed by atoms with Crippen LogP contribution in [0.5, 0.6) is 0 Å². The van der Waals surface area contributed by atoms with Gasteiger partial charge in [0, 0.05) is 24.0 Å². The van der Waals surface area contributed by atoms with Crippen molar-refractivity contribution in [1.29, 1.82) is 0 Å². The van der Waals surface area contributed by atoms with E-state index in [1.165, 1.54) is 12.8 Å². The Bertz CT molecular complexity index is 444. The van der Waals surface area contributed by atoms with E-state index in [9.17, 15) is 4.79 Å². The summed E-state index contributed by atoms with van der Waals surface area (Å²) >= 11 is 1.95. The number of nitrogen functional groups attached to an aromatic ring is 1. The van der Waals surface area contributed by atoms with E-state index in [1.54, 1.807) is 6.07 Å². The maximum absolute atomic E-state index is 12.3. The SMILES string of the molecule is CCSC1CCCC1NC(=O)c1cc(N)cn1CC. The summed E-state index contributed by atoms with van der Waals surface area (Å²) in [7, 11) is 0. The normalized spacial score (nSPS) is 22.6. The first kappa shape index (κ1) is 14.3. The van der Waals surface area contributed by atoms with Crippen molar-refractivity contribution in [2.75, 3.05) is 11.5 Å². The van der Waals surface area contributed by atoms with Gasteiger partial charge in [0.2, 0.25) is 0 Å². The standard InChI is InChI=1S/C14H23N3OS/c1-3-17-9-10(15)8-12(17)14(18)16-11-6-5-7-13(11)19-4-2/h8-9,11,13H,3-7,15H2,1-2H3,(H,16,18). The lowest BCUT2D eigenvalue weighted by Gasteiger charge is -2.20. The van der Waals surface area contributed by atoms with Crippen molar-refractivity contribution < 1.29 is 4.79 Å². The van der Waals surface area contributed by atoms with Gasteiger partial charge in [-0.15, -0.1) is 0 Å². The summed E-state index contributed by atoms with van der Waals surface area (Å²) in [5, 5.41) is 3.75. The van der Waals surface area contributed by atoms with Gasteiger partial charge in [0.05, 0.1) is 5.69 Å². The Labute approximate surface area is 119 Å². The van der Waals surface area contributed by atoms with Crippen molar-refractivity contribution in [2.24, 2.45) is 0 Å². The second-order valence-corrected chi connectivity index (χ2v) is 6.47. The number of thioether (sulfide) groups is 1. The quantitative estimate of drug-likeness (QED) is 0.871. The molecule has 4 nitrogen and oxygen atoms in total. The summed E-state index contributed by atoms with van der Waals surface area (Å²) < 4.78 is 1.90. The van der Waals surface area contributed by atoms with Crippen LogP contribution in [0.1, 0.15) is 43.6 Å². The Morgan fingerprint density at radius 3 is 3.00 bits per heavy atom. The molecule has 2 unspecified atom stereocenters. The molecule has 2 rings (SSSR count). The molecule has 1 aliphatic rings. The van der Waals surface area contributed by atoms with Crippen molar-refractivity contribution in [3.63, 3.8) is 0 Å². The fourth-order valence-corrected chi connectivity index (χ4v) is 3.93. The number of nitrogens with zero attached hydrogens (tertiary/aromatic N) is 1. The molecule has 1 saturated carbocycles. The van der Waals surface area contributed by atoms with E-state index >= 15 is 0 Å². The second kappa shape index (κ2) is 6.37. The molecule has 0 aliphatic heterocycles. The Morgan fingerprint density at radius 1 is 1.53 bits per heavy atom. The van der Waals surface area contributed by atoms with Crippen molar-refractivity contribution >= 4 is 23.4 Å². The number of carbonyl (C=O) groups is 1. The first-order valence-electron chi connectivity index (χ1n) is 7.03. The zero-order chi connectivity index (χ0) is 13.8. The van der Waals surface area contributed by atoms with E-state index in [1.807, 2.05) is 29.4 Å². The van der Waals surface area contributed by atoms with E-state index < -0.39 is 0 Å². The monoisotopic (exact) mass is 281 g/mol. The molecule has 1 fully saturated rings. The Kier molecular flexibility index (Phi) is 4.80. The third-order valence-corrected chi connectivity index (χ3v) is 4.97. The van der Waals surface area contributed by atoms with Crippen LogP contribution in [0.4, 0.5) is 5.69 Å². The molecular formula is C14H23N3OS. The highest BCUT2D eigenvalue weighted by molar-refractivity contribution is 7.99. The predicted octanol–water partition coefficient (Wildman–Crippen LogP) is 2.49. The van der Waals surface area contributed by atoms with E-state index in [0.29, 0.717) is 22.7 Å². The summed E-state index contributed by atoms with van der Waals surface area (Å²) in [5.74, 6) is 1.11. The lowest BCUT2D eigenvalue weighted by molar-refractivity contribution is 0.0929. The van der Waals surface area contributed by atoms with Gasteiger partial charge in [0.15, 0.2) is 0 Å². The maximum atomic E-state index is 12.3. The number of hydrogen-bond acceptors (Lipinski definition) is 3. The topological polar surface area (TPSA) is 60.1 Å². The minimum Gasteiger partial charge on any atom is -0.397 e. The highest BCUT2D eigenvalue weighted by Gasteiger charge is 2.29. The minimum atomic E-state index is 0.00662. The van der Waals surface area contributed by atoms with E-state index in [2.05, 4.69) is 12.2 Å². The number of amides is 1. The number of nitrogens with one attached hydrogen (secondary N) is 1. The summed E-state index contributed by atoms with van der Waals surface area (Å²) in [5.41, 5.74) is 7.10. The van der Waals surface area contributed by atoms with Crippen molar-refractivity contribution in [2.45, 2.75) is 50.9 Å². The Morgan fingerprint density at radius 2 is 2.32 bits per heavy atom. The van der Waals surface area contributed by atoms with Gasteiger partial charge in [-0.2, -0.15) is 11.8 Å². The summed E-state index contributed by atoms with van der Waals surface area (Å²) in [4.78, 5) is 12.3. The van der Waals surface area contributed by atoms with Gasteiger partial charge in [0.25, 0.3) is 5.91 Å². The zero-order valence-corrected chi connectivity index (χ0v) is 12.5. The third-order valence-electron chi connectivity index (χ3n) is 3.64. The van der Waals surface area contributed by atoms with Gasteiger partial charge in [0.1, 0.15) is 5.69 Å². The van der Waals surface area contributed by atoms with Gasteiger partial charge in [-0.05, 0) is 31.6 Å². The van der Waals surface area contributed by atoms with E-state index in [0.717, 1.165) is 18.7 Å². The lowest BCUT2D eigenvalue weighted by Crippen LogP contribution is -2.39. The molecule has 3 N–H and O–H groups in total. The van der Waals surface area contributed by atoms with Crippen LogP contribution in [0.25, 0.3) is 0 Å². The lowest BCUT2D eigenvalue weighted by atomic mass is 10.2. The molecule has 0 aromatic carbocycles. The van der Waals surface area contributed by atoms with Crippen LogP contribution in [0.3, 0.4) is 0 Å². The molecule has 0 saturated heterocycles. The van der Waals surface area contributed by atoms with Crippen LogP contribution in [0, 0.1) is 0 Å². The molecule has 0 bridgehead atoms. The first-order valence-corrected chi connectivity index (χ1v) is 8.08. The highest BCUT2D eigenvalue weighted by atomic mass is 32.2. The summed E-state index contributed by atoms with van der Waals surface area (Å²) in [6.07, 6.45) is 5.33. The van der Waals surface area contributed by atoms with Crippen LogP contribution >= 0.6 is 11.8 Å². The van der Waals surface area contributed by atoms with Crippen LogP contribution in [-0.4, -0.2) is 27.5 Å². The maximum Gasteiger partial charge on any atom is 0.268 e. The van der Waals surface area contributed by atoms with Crippen molar-refractivity contribution in [3.05, 3.63) is 18.0 Å². The van der Waals surface area contributed by atoms with Crippen LogP contribution in [-0.2, 0) is 6.54 Å². The highest BCUT2D eigenvalue weighted by Crippen LogP contribution is 2.30. The summed E-state index contributed by atoms with van der Waals surface area (Å²) in [6.45, 7) is 4.95. The van der Waals surface area contributed by atoms with Gasteiger partial charge in [-0.1, -0.05) is 13.3 Å². The number of anilines is 1. The first-order chi connectivity index (χ1) is 9.15. The molecule has 2 atom stereocenters. The van der Waals surface area contributed by atoms with Gasteiger partial charge in [-0.25, -0.2) is 0 Å². The molecule has 19 heavy (non-hydrogen) atoms. The van der Waals surface area contributed by atoms with Gasteiger partial charge < -0.3 is 15.6 Å². The fraction of sp³-hybridized carbons (Fsp3) is 0.643. The smallest absolute Gasteiger partial charge is 0.268 e. The molecule has 106 valence electrons. The third kappa shape index (κ3) is 3.26. The van der Waals surface area contributed by atoms with Crippen molar-refractivity contribution in [3.8, 4) is 0 Å². The minimum absolute atomic E-state index is 0.00662. The predicted molar refractivity (Wildman–Crippen MR) is 81.5 cm³/mol. The van der Waals surface area contributed by atoms with Crippen LogP contribution in [0.2, 0.25) is 0 Å². The molecule has 1 amide bonds. The molecule has 1 aliphatic carbocycles. The molecule has 0 radical (unpaired) electrons. The summed E-state index contributed by atoms with van der Waals surface area (Å²) in [6, 6.07) is 2.06. The number of aromatic nitrogens is 1. The second-order valence-electron chi connectivity index (χ2n) is 4.95. The average molecular weight is 281 g/mol. The fourth-order valence-electron chi connectivity index (χ4n) is 2.73. The Balaban J connectivity index is 2.04. The number of hydrogen-bond donors (Lipinski definition) is 2. The van der Waals surface area contributed by atoms with E-state index in [-0.39, 0.29) is 5.91 Å². The van der Waals surface area contributed by atoms with Crippen molar-refractivity contribution in [1.82, 2.24) is 9.88 Å². The molecule has 5 heteroatoms. The molecule has 0 spiro atoms. The largest absolute Gasteiger partial charge is 0.397 e. The number of carbonyl (C=O) groups excluding carboxylic acids is 1. The zero-order valence-electron chi connectivity index (χ0n) is 11.7. The Hall–Kier alpha value is -1.10. The molecule has 1 aromatic rings. The molecular weight excluding hydrogens is 258 g/mol. The number of rotatable bonds is 5. The number of aryl methyl sites for hydroxylation is 1. The molecule has 1 heterocycles. The van der Waals surface area contributed by atoms with Crippen LogP contribution < -0.4 is 11.1 Å². The number of nitrogens with two attached hydrogens (primary N) is 1. The van der Waals surface area contributed by atoms with E-state index in [4.69, 9.17) is 5.73 Å². The van der Waals surface area contributed by atoms with Gasteiger partial charge in [-0.3, -0.25) is 4.79 Å². The van der Waals surface area contributed by atoms with Gasteiger partial charge >= 0.3 is 0 Å². The van der Waals surface area contributed by atoms with Crippen LogP contribution in [0.15, 0.2) is 12.3 Å². The molecule has 1 aromatic heterocycles.